The minimum Gasteiger partial charge on any atom is -0.378 e. The van der Waals surface area contributed by atoms with Crippen LogP contribution in [0.5, 0.6) is 0 Å². The number of hydrogen-bond donors (Lipinski definition) is 2. The van der Waals surface area contributed by atoms with E-state index < -0.39 is 0 Å². The van der Waals surface area contributed by atoms with Gasteiger partial charge in [-0.1, -0.05) is 33.1 Å². The van der Waals surface area contributed by atoms with Crippen molar-refractivity contribution in [2.45, 2.75) is 77.9 Å². The maximum atomic E-state index is 6.07. The van der Waals surface area contributed by atoms with Crippen LogP contribution in [0.15, 0.2) is 0 Å². The molecule has 2 atom stereocenters. The summed E-state index contributed by atoms with van der Waals surface area (Å²) in [5.41, 5.74) is 6.77. The van der Waals surface area contributed by atoms with Crippen molar-refractivity contribution in [2.24, 2.45) is 16.6 Å². The van der Waals surface area contributed by atoms with Gasteiger partial charge in [0.2, 0.25) is 0 Å². The van der Waals surface area contributed by atoms with Gasteiger partial charge in [-0.2, -0.15) is 0 Å². The van der Waals surface area contributed by atoms with Crippen molar-refractivity contribution in [1.82, 2.24) is 5.32 Å². The van der Waals surface area contributed by atoms with Crippen molar-refractivity contribution in [3.8, 4) is 0 Å². The number of nitrogens with two attached hydrogens (primary N) is 1. The number of hydrogen-bond acceptors (Lipinski definition) is 3. The first-order valence-corrected chi connectivity index (χ1v) is 8.59. The van der Waals surface area contributed by atoms with Crippen LogP contribution in [-0.4, -0.2) is 31.8 Å². The average molecular weight is 282 g/mol. The van der Waals surface area contributed by atoms with Crippen LogP contribution in [0.2, 0.25) is 0 Å². The van der Waals surface area contributed by atoms with E-state index in [0.29, 0.717) is 17.6 Å². The summed E-state index contributed by atoms with van der Waals surface area (Å²) in [6, 6.07) is 0.609. The molecule has 2 rings (SSSR count). The molecule has 2 fully saturated rings. The van der Waals surface area contributed by atoms with Crippen LogP contribution in [0.1, 0.15) is 65.7 Å². The predicted molar refractivity (Wildman–Crippen MR) is 84.8 cm³/mol. The maximum absolute atomic E-state index is 6.07. The van der Waals surface area contributed by atoms with E-state index in [1.54, 1.807) is 0 Å². The zero-order valence-electron chi connectivity index (χ0n) is 13.7. The molecule has 2 unspecified atom stereocenters. The van der Waals surface area contributed by atoms with Crippen molar-refractivity contribution < 1.29 is 4.74 Å². The van der Waals surface area contributed by atoms with Gasteiger partial charge in [-0.3, -0.25) is 0 Å². The van der Waals surface area contributed by atoms with E-state index >= 15 is 0 Å². The second-order valence-electron chi connectivity index (χ2n) is 7.52. The molecule has 20 heavy (non-hydrogen) atoms. The highest BCUT2D eigenvalue weighted by atomic mass is 16.5. The molecular weight excluding hydrogens is 248 g/mol. The first-order chi connectivity index (χ1) is 9.54. The second-order valence-corrected chi connectivity index (χ2v) is 7.52. The Hall–Kier alpha value is -0.120. The summed E-state index contributed by atoms with van der Waals surface area (Å²) in [5.74, 6) is 0. The van der Waals surface area contributed by atoms with E-state index in [9.17, 15) is 0 Å². The lowest BCUT2D eigenvalue weighted by atomic mass is 9.64. The smallest absolute Gasteiger partial charge is 0.0655 e. The van der Waals surface area contributed by atoms with Crippen LogP contribution < -0.4 is 11.1 Å². The molecule has 3 nitrogen and oxygen atoms in total. The summed E-state index contributed by atoms with van der Waals surface area (Å²) in [6.45, 7) is 9.55. The number of ether oxygens (including phenoxy) is 1. The molecule has 0 amide bonds. The lowest BCUT2D eigenvalue weighted by Gasteiger charge is -2.52. The first-order valence-electron chi connectivity index (χ1n) is 8.59. The zero-order valence-corrected chi connectivity index (χ0v) is 13.7. The Balaban J connectivity index is 1.73. The monoisotopic (exact) mass is 282 g/mol. The fraction of sp³-hybridized carbons (Fsp3) is 1.00. The van der Waals surface area contributed by atoms with Crippen LogP contribution in [0.3, 0.4) is 0 Å². The molecule has 0 bridgehead atoms. The normalized spacial score (nSPS) is 31.8. The third-order valence-corrected chi connectivity index (χ3v) is 5.94. The molecule has 0 aliphatic heterocycles. The van der Waals surface area contributed by atoms with Crippen LogP contribution in [0.4, 0.5) is 0 Å². The summed E-state index contributed by atoms with van der Waals surface area (Å²) in [5, 5.41) is 3.77. The molecule has 0 aromatic heterocycles. The van der Waals surface area contributed by atoms with E-state index in [4.69, 9.17) is 10.5 Å². The van der Waals surface area contributed by atoms with Gasteiger partial charge in [0.1, 0.15) is 0 Å². The van der Waals surface area contributed by atoms with Gasteiger partial charge < -0.3 is 15.8 Å². The lowest BCUT2D eigenvalue weighted by Crippen LogP contribution is -2.61. The fourth-order valence-corrected chi connectivity index (χ4v) is 4.09. The van der Waals surface area contributed by atoms with E-state index in [1.165, 1.54) is 38.5 Å². The Morgan fingerprint density at radius 1 is 1.20 bits per heavy atom. The fourth-order valence-electron chi connectivity index (χ4n) is 4.09. The van der Waals surface area contributed by atoms with Gasteiger partial charge in [0.05, 0.1) is 6.10 Å². The molecule has 0 spiro atoms. The maximum Gasteiger partial charge on any atom is 0.0655 e. The summed E-state index contributed by atoms with van der Waals surface area (Å²) < 4.78 is 5.80. The van der Waals surface area contributed by atoms with E-state index in [2.05, 4.69) is 26.1 Å². The Bertz CT molecular complexity index is 297. The van der Waals surface area contributed by atoms with Crippen molar-refractivity contribution in [2.75, 3.05) is 19.7 Å². The molecule has 3 heteroatoms. The Morgan fingerprint density at radius 2 is 1.90 bits per heavy atom. The average Bonchev–Trinajstić information content (AvgIpc) is 2.46. The van der Waals surface area contributed by atoms with Crippen LogP contribution in [0, 0.1) is 10.8 Å². The largest absolute Gasteiger partial charge is 0.378 e. The van der Waals surface area contributed by atoms with Crippen LogP contribution in [-0.2, 0) is 4.74 Å². The van der Waals surface area contributed by atoms with Crippen molar-refractivity contribution in [3.05, 3.63) is 0 Å². The van der Waals surface area contributed by atoms with Gasteiger partial charge in [0, 0.05) is 18.1 Å². The topological polar surface area (TPSA) is 47.3 Å². The minimum atomic E-state index is 0.276. The van der Waals surface area contributed by atoms with Gasteiger partial charge in [0.15, 0.2) is 0 Å². The third kappa shape index (κ3) is 3.37. The van der Waals surface area contributed by atoms with Crippen molar-refractivity contribution >= 4 is 0 Å². The summed E-state index contributed by atoms with van der Waals surface area (Å²) >= 11 is 0. The number of nitrogens with one attached hydrogen (secondary N) is 1. The third-order valence-electron chi connectivity index (χ3n) is 5.94. The molecule has 0 aromatic rings. The molecule has 0 saturated heterocycles. The summed E-state index contributed by atoms with van der Waals surface area (Å²) in [6.07, 6.45) is 9.66. The van der Waals surface area contributed by atoms with Gasteiger partial charge >= 0.3 is 0 Å². The predicted octanol–water partition coefficient (Wildman–Crippen LogP) is 3.08. The van der Waals surface area contributed by atoms with Crippen LogP contribution >= 0.6 is 0 Å². The molecule has 3 N–H and O–H groups in total. The molecule has 118 valence electrons. The Morgan fingerprint density at radius 3 is 2.45 bits per heavy atom. The minimum absolute atomic E-state index is 0.276. The van der Waals surface area contributed by atoms with Gasteiger partial charge in [-0.05, 0) is 51.1 Å². The van der Waals surface area contributed by atoms with Crippen molar-refractivity contribution in [3.63, 3.8) is 0 Å². The lowest BCUT2D eigenvalue weighted by molar-refractivity contribution is -0.114. The summed E-state index contributed by atoms with van der Waals surface area (Å²) in [4.78, 5) is 0. The van der Waals surface area contributed by atoms with E-state index in [0.717, 1.165) is 26.1 Å². The molecule has 2 aliphatic rings. The van der Waals surface area contributed by atoms with Gasteiger partial charge in [-0.25, -0.2) is 0 Å². The zero-order chi connectivity index (χ0) is 14.6. The van der Waals surface area contributed by atoms with E-state index in [1.807, 2.05) is 0 Å². The van der Waals surface area contributed by atoms with Gasteiger partial charge in [-0.15, -0.1) is 0 Å². The van der Waals surface area contributed by atoms with Crippen LogP contribution in [0.25, 0.3) is 0 Å². The van der Waals surface area contributed by atoms with E-state index in [-0.39, 0.29) is 5.41 Å². The molecular formula is C17H34N2O. The number of rotatable bonds is 7. The standard InChI is InChI=1S/C17H34N2O/c1-4-20-15-12-14(16(15,2)3)19-11-10-17(13-18)8-6-5-7-9-17/h14-15,19H,4-13,18H2,1-3H3. The Kier molecular flexibility index (Phi) is 5.49. The van der Waals surface area contributed by atoms with Gasteiger partial charge in [0.25, 0.3) is 0 Å². The first kappa shape index (κ1) is 16.3. The molecule has 0 radical (unpaired) electrons. The SMILES string of the molecule is CCOC1CC(NCCC2(CN)CCCCC2)C1(C)C. The second kappa shape index (κ2) is 6.76. The van der Waals surface area contributed by atoms with Crippen molar-refractivity contribution in [1.29, 1.82) is 0 Å². The molecule has 0 heterocycles. The highest BCUT2D eigenvalue weighted by Gasteiger charge is 2.48. The molecule has 0 aromatic carbocycles. The Labute approximate surface area is 125 Å². The summed E-state index contributed by atoms with van der Waals surface area (Å²) in [7, 11) is 0. The molecule has 2 saturated carbocycles. The molecule has 2 aliphatic carbocycles. The highest BCUT2D eigenvalue weighted by molar-refractivity contribution is 5.03. The highest BCUT2D eigenvalue weighted by Crippen LogP contribution is 2.43. The quantitative estimate of drug-likeness (QED) is 0.754.